The van der Waals surface area contributed by atoms with Crippen molar-refractivity contribution < 1.29 is 13.6 Å². The fourth-order valence-electron chi connectivity index (χ4n) is 4.41. The molecule has 0 atom stereocenters. The van der Waals surface area contributed by atoms with Crippen LogP contribution in [0.5, 0.6) is 0 Å². The molecule has 0 spiro atoms. The van der Waals surface area contributed by atoms with E-state index in [9.17, 15) is 9.18 Å². The maximum absolute atomic E-state index is 14.0. The summed E-state index contributed by atoms with van der Waals surface area (Å²) < 4.78 is 19.7. The number of thiocarbonyl (C=S) groups is 1. The van der Waals surface area contributed by atoms with Crippen molar-refractivity contribution in [3.8, 4) is 11.3 Å². The highest BCUT2D eigenvalue weighted by molar-refractivity contribution is 7.80. The van der Waals surface area contributed by atoms with Gasteiger partial charge in [0.25, 0.3) is 5.91 Å². The van der Waals surface area contributed by atoms with E-state index in [1.54, 1.807) is 36.4 Å². The Bertz CT molecular complexity index is 1490. The van der Waals surface area contributed by atoms with Crippen molar-refractivity contribution in [3.05, 3.63) is 106 Å². The van der Waals surface area contributed by atoms with Crippen molar-refractivity contribution in [2.75, 3.05) is 36.4 Å². The minimum Gasteiger partial charge on any atom is -0.451 e. The highest BCUT2D eigenvalue weighted by atomic mass is 35.5. The maximum atomic E-state index is 14.0. The van der Waals surface area contributed by atoms with E-state index >= 15 is 0 Å². The molecule has 0 bridgehead atoms. The molecule has 0 radical (unpaired) electrons. The van der Waals surface area contributed by atoms with E-state index in [0.29, 0.717) is 27.9 Å². The van der Waals surface area contributed by atoms with E-state index in [1.165, 1.54) is 6.07 Å². The molecule has 3 aromatic carbocycles. The van der Waals surface area contributed by atoms with Crippen LogP contribution in [0.4, 0.5) is 15.8 Å². The molecule has 1 fully saturated rings. The first-order valence-electron chi connectivity index (χ1n) is 12.3. The molecule has 4 aromatic rings. The molecule has 0 saturated carbocycles. The van der Waals surface area contributed by atoms with Gasteiger partial charge in [-0.1, -0.05) is 47.5 Å². The Hall–Kier alpha value is -3.43. The number of rotatable bonds is 6. The van der Waals surface area contributed by atoms with Crippen molar-refractivity contribution in [1.82, 2.24) is 10.2 Å². The molecule has 200 valence electrons. The van der Waals surface area contributed by atoms with E-state index in [0.717, 1.165) is 43.1 Å². The molecule has 1 amide bonds. The fourth-order valence-corrected chi connectivity index (χ4v) is 5.02. The van der Waals surface area contributed by atoms with E-state index in [2.05, 4.69) is 20.4 Å². The van der Waals surface area contributed by atoms with Crippen LogP contribution in [-0.2, 0) is 6.54 Å². The molecule has 1 aromatic heterocycles. The van der Waals surface area contributed by atoms with Crippen molar-refractivity contribution in [1.29, 1.82) is 0 Å². The quantitative estimate of drug-likeness (QED) is 0.243. The number of amides is 1. The molecule has 2 heterocycles. The Kier molecular flexibility index (Phi) is 8.47. The van der Waals surface area contributed by atoms with Gasteiger partial charge in [0.05, 0.1) is 10.0 Å². The molecule has 1 aliphatic heterocycles. The van der Waals surface area contributed by atoms with Crippen molar-refractivity contribution in [3.63, 3.8) is 0 Å². The normalized spacial score (nSPS) is 13.8. The van der Waals surface area contributed by atoms with Gasteiger partial charge in [0.2, 0.25) is 0 Å². The van der Waals surface area contributed by atoms with Gasteiger partial charge in [-0.3, -0.25) is 15.0 Å². The van der Waals surface area contributed by atoms with Crippen LogP contribution in [0.3, 0.4) is 0 Å². The van der Waals surface area contributed by atoms with E-state index in [1.807, 2.05) is 36.4 Å². The molecular formula is C29H25Cl2FN4O2S. The van der Waals surface area contributed by atoms with Gasteiger partial charge in [0, 0.05) is 55.2 Å². The summed E-state index contributed by atoms with van der Waals surface area (Å²) in [5.41, 5.74) is 3.15. The monoisotopic (exact) mass is 582 g/mol. The van der Waals surface area contributed by atoms with Crippen LogP contribution in [-0.4, -0.2) is 42.1 Å². The minimum atomic E-state index is -0.484. The SMILES string of the molecule is O=C(NC(=S)Nc1ccc(N2CCN(Cc3ccccc3F)CC2)cc1)c1ccc(-c2cccc(Cl)c2Cl)o1. The Morgan fingerprint density at radius 2 is 1.67 bits per heavy atom. The predicted molar refractivity (Wildman–Crippen MR) is 158 cm³/mol. The summed E-state index contributed by atoms with van der Waals surface area (Å²) in [4.78, 5) is 17.2. The summed E-state index contributed by atoms with van der Waals surface area (Å²) in [5, 5.41) is 6.55. The number of furan rings is 1. The lowest BCUT2D eigenvalue weighted by molar-refractivity contribution is 0.0951. The third kappa shape index (κ3) is 6.59. The number of nitrogens with zero attached hydrogens (tertiary/aromatic N) is 2. The number of hydrogen-bond acceptors (Lipinski definition) is 5. The maximum Gasteiger partial charge on any atom is 0.293 e. The Morgan fingerprint density at radius 1 is 0.923 bits per heavy atom. The molecule has 6 nitrogen and oxygen atoms in total. The van der Waals surface area contributed by atoms with Crippen LogP contribution in [0.15, 0.2) is 83.3 Å². The zero-order chi connectivity index (χ0) is 27.4. The van der Waals surface area contributed by atoms with Crippen molar-refractivity contribution in [2.24, 2.45) is 0 Å². The average Bonchev–Trinajstić information content (AvgIpc) is 3.43. The molecule has 0 unspecified atom stereocenters. The second-order valence-corrected chi connectivity index (χ2v) is 10.3. The van der Waals surface area contributed by atoms with Crippen LogP contribution >= 0.6 is 35.4 Å². The minimum absolute atomic E-state index is 0.0923. The molecule has 1 aliphatic rings. The Morgan fingerprint density at radius 3 is 2.41 bits per heavy atom. The fraction of sp³-hybridized carbons (Fsp3) is 0.172. The zero-order valence-electron chi connectivity index (χ0n) is 20.8. The lowest BCUT2D eigenvalue weighted by atomic mass is 10.1. The first-order valence-corrected chi connectivity index (χ1v) is 13.5. The number of halogens is 3. The van der Waals surface area contributed by atoms with Gasteiger partial charge in [0.1, 0.15) is 11.6 Å². The summed E-state index contributed by atoms with van der Waals surface area (Å²) in [7, 11) is 0. The van der Waals surface area contributed by atoms with Crippen LogP contribution in [0.25, 0.3) is 11.3 Å². The number of anilines is 2. The van der Waals surface area contributed by atoms with Crippen LogP contribution in [0.2, 0.25) is 10.0 Å². The van der Waals surface area contributed by atoms with Crippen molar-refractivity contribution in [2.45, 2.75) is 6.54 Å². The van der Waals surface area contributed by atoms with Gasteiger partial charge in [-0.05, 0) is 66.8 Å². The first kappa shape index (κ1) is 27.1. The number of benzene rings is 3. The molecule has 2 N–H and O–H groups in total. The highest BCUT2D eigenvalue weighted by Gasteiger charge is 2.19. The van der Waals surface area contributed by atoms with Gasteiger partial charge in [-0.25, -0.2) is 4.39 Å². The number of nitrogens with one attached hydrogen (secondary N) is 2. The molecular weight excluding hydrogens is 558 g/mol. The summed E-state index contributed by atoms with van der Waals surface area (Å²) in [6, 6.07) is 23.1. The smallest absolute Gasteiger partial charge is 0.293 e. The molecule has 39 heavy (non-hydrogen) atoms. The summed E-state index contributed by atoms with van der Waals surface area (Å²) in [5.74, 6) is -0.125. The predicted octanol–water partition coefficient (Wildman–Crippen LogP) is 6.84. The van der Waals surface area contributed by atoms with Gasteiger partial charge in [-0.2, -0.15) is 0 Å². The number of carbonyl (C=O) groups excluding carboxylic acids is 1. The lowest BCUT2D eigenvalue weighted by Crippen LogP contribution is -2.46. The van der Waals surface area contributed by atoms with Gasteiger partial charge < -0.3 is 14.6 Å². The van der Waals surface area contributed by atoms with E-state index in [-0.39, 0.29) is 16.7 Å². The Balaban J connectivity index is 1.12. The first-order chi connectivity index (χ1) is 18.9. The molecule has 10 heteroatoms. The number of hydrogen-bond donors (Lipinski definition) is 2. The van der Waals surface area contributed by atoms with Crippen LogP contribution in [0.1, 0.15) is 16.1 Å². The number of carbonyl (C=O) groups is 1. The second kappa shape index (κ2) is 12.2. The van der Waals surface area contributed by atoms with Gasteiger partial charge in [0.15, 0.2) is 10.9 Å². The zero-order valence-corrected chi connectivity index (χ0v) is 23.1. The largest absolute Gasteiger partial charge is 0.451 e. The van der Waals surface area contributed by atoms with Crippen molar-refractivity contribution >= 4 is 57.8 Å². The van der Waals surface area contributed by atoms with Gasteiger partial charge >= 0.3 is 0 Å². The summed E-state index contributed by atoms with van der Waals surface area (Å²) in [6.45, 7) is 4.01. The highest BCUT2D eigenvalue weighted by Crippen LogP contribution is 2.34. The van der Waals surface area contributed by atoms with E-state index in [4.69, 9.17) is 39.8 Å². The standard InChI is InChI=1S/C29H25Cl2FN4O2S/c30-23-6-3-5-22(27(23)31)25-12-13-26(38-25)28(37)34-29(39)33-20-8-10-21(11-9-20)36-16-14-35(15-17-36)18-19-4-1-2-7-24(19)32/h1-13H,14-18H2,(H2,33,34,37,39). The van der Waals surface area contributed by atoms with Crippen LogP contribution in [0, 0.1) is 5.82 Å². The third-order valence-electron chi connectivity index (χ3n) is 6.49. The number of piperazine rings is 1. The summed E-state index contributed by atoms with van der Waals surface area (Å²) in [6.07, 6.45) is 0. The molecule has 5 rings (SSSR count). The average molecular weight is 584 g/mol. The Labute approximate surface area is 241 Å². The van der Waals surface area contributed by atoms with E-state index < -0.39 is 5.91 Å². The summed E-state index contributed by atoms with van der Waals surface area (Å²) >= 11 is 17.6. The lowest BCUT2D eigenvalue weighted by Gasteiger charge is -2.36. The van der Waals surface area contributed by atoms with Gasteiger partial charge in [-0.15, -0.1) is 0 Å². The molecule has 0 aliphatic carbocycles. The molecule has 1 saturated heterocycles. The topological polar surface area (TPSA) is 60.8 Å². The van der Waals surface area contributed by atoms with Crippen LogP contribution < -0.4 is 15.5 Å². The third-order valence-corrected chi connectivity index (χ3v) is 7.51. The second-order valence-electron chi connectivity index (χ2n) is 9.08.